The maximum absolute atomic E-state index is 13.3. The lowest BCUT2D eigenvalue weighted by molar-refractivity contribution is 0.0140. The van der Waals surface area contributed by atoms with Gasteiger partial charge < -0.3 is 0 Å². The summed E-state index contributed by atoms with van der Waals surface area (Å²) in [4.78, 5) is 2.84. The van der Waals surface area contributed by atoms with Crippen molar-refractivity contribution in [2.24, 2.45) is 5.92 Å². The molecule has 3 saturated heterocycles. The van der Waals surface area contributed by atoms with Crippen LogP contribution in [-0.2, 0) is 10.0 Å². The van der Waals surface area contributed by atoms with E-state index in [0.29, 0.717) is 10.8 Å². The molecular formula is C26H28N2O2S. The molecule has 0 aromatic heterocycles. The maximum Gasteiger partial charge on any atom is 0.240 e. The van der Waals surface area contributed by atoms with Crippen molar-refractivity contribution in [3.05, 3.63) is 102 Å². The molecule has 6 rings (SSSR count). The molecule has 3 fully saturated rings. The molecule has 3 aliphatic heterocycles. The fourth-order valence-corrected chi connectivity index (χ4v) is 6.76. The number of hydrogen-bond acceptors (Lipinski definition) is 3. The molecule has 2 atom stereocenters. The molecule has 3 aliphatic rings. The van der Waals surface area contributed by atoms with E-state index >= 15 is 0 Å². The minimum atomic E-state index is -3.59. The van der Waals surface area contributed by atoms with Crippen molar-refractivity contribution < 1.29 is 8.42 Å². The van der Waals surface area contributed by atoms with Gasteiger partial charge in [-0.1, -0.05) is 78.9 Å². The number of sulfonamides is 1. The predicted octanol–water partition coefficient (Wildman–Crippen LogP) is 4.26. The van der Waals surface area contributed by atoms with Gasteiger partial charge in [-0.15, -0.1) is 0 Å². The Bertz CT molecular complexity index is 1060. The highest BCUT2D eigenvalue weighted by molar-refractivity contribution is 7.89. The fraction of sp³-hybridized carbons (Fsp3) is 0.308. The SMILES string of the molecule is O=S(=O)(N[C@H]1C2CCN(CC2)[C@H]1C(c1ccccc1)c1ccccc1)c1ccccc1. The normalized spacial score (nSPS) is 25.6. The van der Waals surface area contributed by atoms with Gasteiger partial charge in [0.1, 0.15) is 0 Å². The van der Waals surface area contributed by atoms with E-state index in [2.05, 4.69) is 58.2 Å². The number of hydrogen-bond donors (Lipinski definition) is 1. The standard InChI is InChI=1S/C26H28N2O2S/c29-31(30,23-14-8-3-9-15-23)27-25-22-16-18-28(19-17-22)26(25)24(20-10-4-1-5-11-20)21-12-6-2-7-13-21/h1-15,22,24-27H,16-19H2/t25-,26-/m0/s1. The molecule has 4 nitrogen and oxygen atoms in total. The molecule has 3 heterocycles. The Morgan fingerprint density at radius 3 is 1.74 bits per heavy atom. The van der Waals surface area contributed by atoms with Gasteiger partial charge in [0.25, 0.3) is 0 Å². The Balaban J connectivity index is 1.57. The highest BCUT2D eigenvalue weighted by atomic mass is 32.2. The fourth-order valence-electron chi connectivity index (χ4n) is 5.42. The monoisotopic (exact) mass is 432 g/mol. The second-order valence-corrected chi connectivity index (χ2v) is 10.3. The minimum Gasteiger partial charge on any atom is -0.298 e. The first-order chi connectivity index (χ1) is 15.1. The van der Waals surface area contributed by atoms with Crippen LogP contribution >= 0.6 is 0 Å². The highest BCUT2D eigenvalue weighted by Crippen LogP contribution is 2.42. The van der Waals surface area contributed by atoms with E-state index in [1.165, 1.54) is 11.1 Å². The van der Waals surface area contributed by atoms with Gasteiger partial charge in [-0.3, -0.25) is 4.90 Å². The van der Waals surface area contributed by atoms with Gasteiger partial charge >= 0.3 is 0 Å². The van der Waals surface area contributed by atoms with E-state index in [1.54, 1.807) is 24.3 Å². The Kier molecular flexibility index (Phi) is 5.65. The minimum absolute atomic E-state index is 0.0794. The first-order valence-corrected chi connectivity index (χ1v) is 12.5. The number of nitrogens with zero attached hydrogens (tertiary/aromatic N) is 1. The van der Waals surface area contributed by atoms with Crippen LogP contribution in [0.1, 0.15) is 29.9 Å². The first-order valence-electron chi connectivity index (χ1n) is 11.0. The molecule has 3 aromatic rings. The molecule has 0 unspecified atom stereocenters. The molecule has 0 aliphatic carbocycles. The van der Waals surface area contributed by atoms with Crippen LogP contribution in [0.3, 0.4) is 0 Å². The molecule has 0 spiro atoms. The van der Waals surface area contributed by atoms with Crippen molar-refractivity contribution in [1.29, 1.82) is 0 Å². The summed E-state index contributed by atoms with van der Waals surface area (Å²) in [5.74, 6) is 0.456. The lowest BCUT2D eigenvalue weighted by Crippen LogP contribution is -2.65. The third-order valence-electron chi connectivity index (χ3n) is 6.88. The van der Waals surface area contributed by atoms with E-state index in [4.69, 9.17) is 0 Å². The molecule has 0 saturated carbocycles. The second-order valence-electron chi connectivity index (χ2n) is 8.62. The van der Waals surface area contributed by atoms with Crippen LogP contribution in [0.25, 0.3) is 0 Å². The van der Waals surface area contributed by atoms with Crippen LogP contribution in [0, 0.1) is 5.92 Å². The summed E-state index contributed by atoms with van der Waals surface area (Å²) in [7, 11) is -3.59. The molecule has 160 valence electrons. The number of fused-ring (bicyclic) bond motifs is 3. The number of benzene rings is 3. The van der Waals surface area contributed by atoms with Gasteiger partial charge in [-0.2, -0.15) is 0 Å². The Labute approximate surface area is 185 Å². The molecule has 0 amide bonds. The topological polar surface area (TPSA) is 49.4 Å². The Morgan fingerprint density at radius 2 is 1.23 bits per heavy atom. The second kappa shape index (κ2) is 8.58. The maximum atomic E-state index is 13.3. The zero-order valence-corrected chi connectivity index (χ0v) is 18.3. The molecule has 5 heteroatoms. The van der Waals surface area contributed by atoms with Crippen LogP contribution < -0.4 is 4.72 Å². The van der Waals surface area contributed by atoms with Gasteiger partial charge in [0.05, 0.1) is 4.90 Å². The largest absolute Gasteiger partial charge is 0.298 e. The summed E-state index contributed by atoms with van der Waals surface area (Å²) in [6, 6.07) is 29.7. The zero-order valence-electron chi connectivity index (χ0n) is 17.5. The quantitative estimate of drug-likeness (QED) is 0.633. The third-order valence-corrected chi connectivity index (χ3v) is 8.35. The van der Waals surface area contributed by atoms with Crippen molar-refractivity contribution >= 4 is 10.0 Å². The molecule has 0 radical (unpaired) electrons. The summed E-state index contributed by atoms with van der Waals surface area (Å²) < 4.78 is 29.7. The van der Waals surface area contributed by atoms with E-state index in [9.17, 15) is 8.42 Å². The van der Waals surface area contributed by atoms with Gasteiger partial charge in [0, 0.05) is 18.0 Å². The van der Waals surface area contributed by atoms with Crippen molar-refractivity contribution in [3.63, 3.8) is 0 Å². The smallest absolute Gasteiger partial charge is 0.240 e. The molecule has 31 heavy (non-hydrogen) atoms. The number of nitrogens with one attached hydrogen (secondary N) is 1. The zero-order chi connectivity index (χ0) is 21.3. The highest BCUT2D eigenvalue weighted by Gasteiger charge is 2.47. The molecular weight excluding hydrogens is 404 g/mol. The van der Waals surface area contributed by atoms with Gasteiger partial charge in [0.15, 0.2) is 0 Å². The summed E-state index contributed by atoms with van der Waals surface area (Å²) in [6.45, 7) is 2.05. The number of rotatable bonds is 6. The Hall–Kier alpha value is -2.47. The predicted molar refractivity (Wildman–Crippen MR) is 123 cm³/mol. The van der Waals surface area contributed by atoms with E-state index in [0.717, 1.165) is 25.9 Å². The van der Waals surface area contributed by atoms with Crippen LogP contribution in [-0.4, -0.2) is 38.5 Å². The van der Waals surface area contributed by atoms with Gasteiger partial charge in [-0.25, -0.2) is 13.1 Å². The molecule has 3 aromatic carbocycles. The van der Waals surface area contributed by atoms with Crippen molar-refractivity contribution in [2.45, 2.75) is 35.7 Å². The van der Waals surface area contributed by atoms with E-state index in [-0.39, 0.29) is 18.0 Å². The van der Waals surface area contributed by atoms with E-state index < -0.39 is 10.0 Å². The average Bonchev–Trinajstić information content (AvgIpc) is 2.83. The van der Waals surface area contributed by atoms with Crippen LogP contribution in [0.4, 0.5) is 0 Å². The lowest BCUT2D eigenvalue weighted by atomic mass is 9.71. The van der Waals surface area contributed by atoms with Crippen LogP contribution in [0.15, 0.2) is 95.9 Å². The Morgan fingerprint density at radius 1 is 0.742 bits per heavy atom. The molecule has 1 N–H and O–H groups in total. The van der Waals surface area contributed by atoms with E-state index in [1.807, 2.05) is 18.2 Å². The third kappa shape index (κ3) is 4.05. The van der Waals surface area contributed by atoms with Crippen molar-refractivity contribution in [3.8, 4) is 0 Å². The summed E-state index contributed by atoms with van der Waals surface area (Å²) in [5, 5.41) is 0. The first kappa shape index (κ1) is 20.4. The lowest BCUT2D eigenvalue weighted by Gasteiger charge is -2.53. The summed E-state index contributed by atoms with van der Waals surface area (Å²) in [5.41, 5.74) is 2.46. The van der Waals surface area contributed by atoms with Crippen molar-refractivity contribution in [2.75, 3.05) is 13.1 Å². The van der Waals surface area contributed by atoms with Crippen LogP contribution in [0.5, 0.6) is 0 Å². The number of piperidine rings is 3. The summed E-state index contributed by atoms with van der Waals surface area (Å²) >= 11 is 0. The van der Waals surface area contributed by atoms with Crippen molar-refractivity contribution in [1.82, 2.24) is 9.62 Å². The van der Waals surface area contributed by atoms with Crippen LogP contribution in [0.2, 0.25) is 0 Å². The van der Waals surface area contributed by atoms with Gasteiger partial charge in [-0.05, 0) is 55.1 Å². The summed E-state index contributed by atoms with van der Waals surface area (Å²) in [6.07, 6.45) is 2.07. The molecule has 2 bridgehead atoms. The van der Waals surface area contributed by atoms with Gasteiger partial charge in [0.2, 0.25) is 10.0 Å². The average molecular weight is 433 g/mol.